The van der Waals surface area contributed by atoms with Crippen molar-refractivity contribution in [2.24, 2.45) is 5.92 Å². The summed E-state index contributed by atoms with van der Waals surface area (Å²) in [6, 6.07) is 0. The van der Waals surface area contributed by atoms with Gasteiger partial charge in [0, 0.05) is 5.92 Å². The van der Waals surface area contributed by atoms with E-state index in [2.05, 4.69) is 31.5 Å². The third-order valence-corrected chi connectivity index (χ3v) is 5.40. The molecule has 0 aromatic rings. The second kappa shape index (κ2) is 10.1. The SMILES string of the molecule is CCN(C)C1NC(NC(=O)OC)NC(NC(=O)OC)(C2CCCCCC2)N1. The maximum Gasteiger partial charge on any atom is 0.409 e. The Morgan fingerprint density at radius 2 is 1.70 bits per heavy atom. The molecule has 5 N–H and O–H groups in total. The van der Waals surface area contributed by atoms with E-state index < -0.39 is 24.3 Å². The molecule has 3 unspecified atom stereocenters. The topological polar surface area (TPSA) is 116 Å². The fourth-order valence-corrected chi connectivity index (χ4v) is 3.74. The lowest BCUT2D eigenvalue weighted by Gasteiger charge is -2.52. The quantitative estimate of drug-likeness (QED) is 0.437. The fraction of sp³-hybridized carbons (Fsp3) is 0.882. The van der Waals surface area contributed by atoms with Crippen LogP contribution in [0.15, 0.2) is 0 Å². The Labute approximate surface area is 161 Å². The average molecular weight is 386 g/mol. The summed E-state index contributed by atoms with van der Waals surface area (Å²) in [5.41, 5.74) is 0. The standard InChI is InChI=1S/C17H34N6O4/c1-5-23(2)14-18-13(19-15(24)26-3)20-17(21-14,22-16(25)27-4)12-10-8-6-7-9-11-12/h12-14,18,20-21H,5-11H2,1-4H3,(H,19,24)(H,22,25). The first-order valence-corrected chi connectivity index (χ1v) is 9.66. The van der Waals surface area contributed by atoms with Crippen LogP contribution >= 0.6 is 0 Å². The molecule has 0 radical (unpaired) electrons. The van der Waals surface area contributed by atoms with Gasteiger partial charge in [-0.05, 0) is 26.4 Å². The molecule has 0 aromatic carbocycles. The Balaban J connectivity index is 2.32. The van der Waals surface area contributed by atoms with E-state index in [1.807, 2.05) is 14.0 Å². The lowest BCUT2D eigenvalue weighted by Crippen LogP contribution is -2.86. The Bertz CT molecular complexity index is 500. The summed E-state index contributed by atoms with van der Waals surface area (Å²) >= 11 is 0. The summed E-state index contributed by atoms with van der Waals surface area (Å²) in [5.74, 6) is -0.793. The van der Waals surface area contributed by atoms with Crippen molar-refractivity contribution in [2.75, 3.05) is 27.8 Å². The van der Waals surface area contributed by atoms with E-state index in [1.54, 1.807) is 0 Å². The van der Waals surface area contributed by atoms with Crippen LogP contribution in [0.5, 0.6) is 0 Å². The van der Waals surface area contributed by atoms with Crippen LogP contribution in [0, 0.1) is 5.92 Å². The molecule has 10 heteroatoms. The molecular weight excluding hydrogens is 352 g/mol. The zero-order chi connectivity index (χ0) is 19.9. The lowest BCUT2D eigenvalue weighted by atomic mass is 9.91. The molecule has 0 bridgehead atoms. The van der Waals surface area contributed by atoms with Crippen molar-refractivity contribution in [3.8, 4) is 0 Å². The van der Waals surface area contributed by atoms with E-state index in [0.29, 0.717) is 0 Å². The first kappa shape index (κ1) is 21.7. The number of methoxy groups -OCH3 is 2. The van der Waals surface area contributed by atoms with Crippen molar-refractivity contribution in [3.63, 3.8) is 0 Å². The molecule has 3 atom stereocenters. The van der Waals surface area contributed by atoms with Crippen molar-refractivity contribution in [1.29, 1.82) is 0 Å². The number of carbonyl (C=O) groups excluding carboxylic acids is 2. The molecule has 1 saturated carbocycles. The fourth-order valence-electron chi connectivity index (χ4n) is 3.74. The first-order valence-electron chi connectivity index (χ1n) is 9.66. The van der Waals surface area contributed by atoms with E-state index in [9.17, 15) is 9.59 Å². The molecular formula is C17H34N6O4. The Hall–Kier alpha value is -1.62. The van der Waals surface area contributed by atoms with Gasteiger partial charge in [-0.3, -0.25) is 26.2 Å². The summed E-state index contributed by atoms with van der Waals surface area (Å²) in [6.45, 7) is 2.81. The Kier molecular flexibility index (Phi) is 8.08. The van der Waals surface area contributed by atoms with Gasteiger partial charge in [0.1, 0.15) is 12.6 Å². The second-order valence-electron chi connectivity index (χ2n) is 7.11. The molecule has 2 rings (SSSR count). The number of hydrogen-bond donors (Lipinski definition) is 5. The summed E-state index contributed by atoms with van der Waals surface area (Å²) in [7, 11) is 4.62. The van der Waals surface area contributed by atoms with Gasteiger partial charge < -0.3 is 9.47 Å². The van der Waals surface area contributed by atoms with E-state index in [0.717, 1.165) is 32.2 Å². The van der Waals surface area contributed by atoms with Crippen molar-refractivity contribution in [1.82, 2.24) is 31.5 Å². The molecule has 2 aliphatic rings. The smallest absolute Gasteiger partial charge is 0.409 e. The Morgan fingerprint density at radius 1 is 1.07 bits per heavy atom. The molecule has 1 aliphatic carbocycles. The van der Waals surface area contributed by atoms with Crippen molar-refractivity contribution in [3.05, 3.63) is 0 Å². The van der Waals surface area contributed by atoms with Gasteiger partial charge in [0.05, 0.1) is 14.2 Å². The van der Waals surface area contributed by atoms with E-state index in [1.165, 1.54) is 27.1 Å². The van der Waals surface area contributed by atoms with Gasteiger partial charge in [-0.15, -0.1) is 0 Å². The van der Waals surface area contributed by atoms with E-state index >= 15 is 0 Å². The third kappa shape index (κ3) is 5.68. The van der Waals surface area contributed by atoms with Crippen molar-refractivity contribution in [2.45, 2.75) is 63.8 Å². The highest BCUT2D eigenvalue weighted by atomic mass is 16.5. The first-order chi connectivity index (χ1) is 12.9. The molecule has 0 aromatic heterocycles. The lowest BCUT2D eigenvalue weighted by molar-refractivity contribution is -0.0291. The van der Waals surface area contributed by atoms with Crippen LogP contribution < -0.4 is 26.6 Å². The van der Waals surface area contributed by atoms with Gasteiger partial charge in [-0.2, -0.15) is 0 Å². The van der Waals surface area contributed by atoms with Gasteiger partial charge in [-0.25, -0.2) is 14.9 Å². The molecule has 2 fully saturated rings. The van der Waals surface area contributed by atoms with Gasteiger partial charge in [0.15, 0.2) is 5.79 Å². The van der Waals surface area contributed by atoms with Crippen LogP contribution in [0.4, 0.5) is 9.59 Å². The number of nitrogens with zero attached hydrogens (tertiary/aromatic N) is 1. The largest absolute Gasteiger partial charge is 0.453 e. The molecule has 156 valence electrons. The molecule has 1 aliphatic heterocycles. The minimum atomic E-state index is -0.928. The predicted molar refractivity (Wildman–Crippen MR) is 100 cm³/mol. The molecule has 10 nitrogen and oxygen atoms in total. The van der Waals surface area contributed by atoms with E-state index in [-0.39, 0.29) is 12.2 Å². The normalized spacial score (nSPS) is 29.7. The van der Waals surface area contributed by atoms with Gasteiger partial charge in [0.25, 0.3) is 0 Å². The maximum absolute atomic E-state index is 12.2. The summed E-state index contributed by atoms with van der Waals surface area (Å²) in [5, 5.41) is 15.8. The minimum Gasteiger partial charge on any atom is -0.453 e. The monoisotopic (exact) mass is 386 g/mol. The van der Waals surface area contributed by atoms with Crippen LogP contribution in [0.3, 0.4) is 0 Å². The number of nitrogens with one attached hydrogen (secondary N) is 5. The maximum atomic E-state index is 12.2. The number of carbonyl (C=O) groups is 2. The minimum absolute atomic E-state index is 0.135. The van der Waals surface area contributed by atoms with E-state index in [4.69, 9.17) is 9.47 Å². The Morgan fingerprint density at radius 3 is 2.26 bits per heavy atom. The number of hydrogen-bond acceptors (Lipinski definition) is 8. The third-order valence-electron chi connectivity index (χ3n) is 5.40. The molecule has 1 saturated heterocycles. The van der Waals surface area contributed by atoms with Crippen LogP contribution in [0.2, 0.25) is 0 Å². The second-order valence-corrected chi connectivity index (χ2v) is 7.11. The predicted octanol–water partition coefficient (Wildman–Crippen LogP) is 0.624. The summed E-state index contributed by atoms with van der Waals surface area (Å²) < 4.78 is 9.62. The van der Waals surface area contributed by atoms with Gasteiger partial charge >= 0.3 is 12.2 Å². The zero-order valence-electron chi connectivity index (χ0n) is 16.8. The highest BCUT2D eigenvalue weighted by Gasteiger charge is 2.47. The molecule has 27 heavy (non-hydrogen) atoms. The highest BCUT2D eigenvalue weighted by Crippen LogP contribution is 2.31. The zero-order valence-corrected chi connectivity index (χ0v) is 16.8. The highest BCUT2D eigenvalue weighted by molar-refractivity contribution is 5.68. The molecule has 2 amide bonds. The van der Waals surface area contributed by atoms with Gasteiger partial charge in [0.2, 0.25) is 0 Å². The number of amides is 2. The summed E-state index contributed by atoms with van der Waals surface area (Å²) in [6.07, 6.45) is 4.50. The molecule has 0 spiro atoms. The summed E-state index contributed by atoms with van der Waals surface area (Å²) in [4.78, 5) is 26.0. The van der Waals surface area contributed by atoms with Crippen molar-refractivity contribution < 1.29 is 19.1 Å². The molecule has 1 heterocycles. The number of ether oxygens (including phenoxy) is 2. The van der Waals surface area contributed by atoms with Crippen molar-refractivity contribution >= 4 is 12.2 Å². The van der Waals surface area contributed by atoms with Crippen LogP contribution in [0.25, 0.3) is 0 Å². The average Bonchev–Trinajstić information content (AvgIpc) is 2.96. The van der Waals surface area contributed by atoms with Gasteiger partial charge in [-0.1, -0.05) is 32.6 Å². The number of alkyl carbamates (subject to hydrolysis) is 2. The van der Waals surface area contributed by atoms with Crippen LogP contribution in [-0.4, -0.2) is 63.3 Å². The van der Waals surface area contributed by atoms with Crippen LogP contribution in [0.1, 0.15) is 45.4 Å². The van der Waals surface area contributed by atoms with Crippen LogP contribution in [-0.2, 0) is 9.47 Å². The number of rotatable bonds is 5.